The summed E-state index contributed by atoms with van der Waals surface area (Å²) in [5.41, 5.74) is 0. The average molecular weight is 199 g/mol. The van der Waals surface area contributed by atoms with Crippen molar-refractivity contribution >= 4 is 0 Å². The molecule has 14 heavy (non-hydrogen) atoms. The van der Waals surface area contributed by atoms with Crippen LogP contribution in [-0.4, -0.2) is 25.8 Å². The van der Waals surface area contributed by atoms with Gasteiger partial charge in [-0.25, -0.2) is 0 Å². The number of nitrogens with one attached hydrogen (secondary N) is 1. The van der Waals surface area contributed by atoms with E-state index in [4.69, 9.17) is 4.74 Å². The van der Waals surface area contributed by atoms with E-state index in [9.17, 15) is 0 Å². The van der Waals surface area contributed by atoms with Crippen molar-refractivity contribution in [3.05, 3.63) is 0 Å². The van der Waals surface area contributed by atoms with Crippen molar-refractivity contribution in [2.24, 2.45) is 5.92 Å². The standard InChI is InChI=1S/C12H25NO/c1-4-5-12(9-14-3)13-11-7-6-10(2)8-11/h10-13H,4-9H2,1-3H3. The molecule has 0 heterocycles. The zero-order valence-electron chi connectivity index (χ0n) is 9.88. The lowest BCUT2D eigenvalue weighted by atomic mass is 10.1. The second-order valence-corrected chi connectivity index (χ2v) is 4.72. The molecule has 0 amide bonds. The van der Waals surface area contributed by atoms with Gasteiger partial charge in [-0.15, -0.1) is 0 Å². The van der Waals surface area contributed by atoms with E-state index in [-0.39, 0.29) is 0 Å². The fraction of sp³-hybridized carbons (Fsp3) is 1.00. The molecular weight excluding hydrogens is 174 g/mol. The van der Waals surface area contributed by atoms with Gasteiger partial charge in [-0.2, -0.15) is 0 Å². The normalized spacial score (nSPS) is 29.4. The molecule has 3 unspecified atom stereocenters. The monoisotopic (exact) mass is 199 g/mol. The van der Waals surface area contributed by atoms with Crippen molar-refractivity contribution < 1.29 is 4.74 Å². The Labute approximate surface area is 88.4 Å². The van der Waals surface area contributed by atoms with Crippen LogP contribution in [0, 0.1) is 5.92 Å². The molecule has 2 nitrogen and oxygen atoms in total. The van der Waals surface area contributed by atoms with Crippen LogP contribution in [0.25, 0.3) is 0 Å². The SMILES string of the molecule is CCCC(COC)NC1CCC(C)C1. The quantitative estimate of drug-likeness (QED) is 0.710. The van der Waals surface area contributed by atoms with E-state index < -0.39 is 0 Å². The Hall–Kier alpha value is -0.0800. The molecule has 1 N–H and O–H groups in total. The van der Waals surface area contributed by atoms with Crippen molar-refractivity contribution in [3.63, 3.8) is 0 Å². The fourth-order valence-corrected chi connectivity index (χ4v) is 2.46. The van der Waals surface area contributed by atoms with Crippen LogP contribution in [0.3, 0.4) is 0 Å². The summed E-state index contributed by atoms with van der Waals surface area (Å²) < 4.78 is 5.23. The molecule has 84 valence electrons. The van der Waals surface area contributed by atoms with Crippen LogP contribution in [0.15, 0.2) is 0 Å². The lowest BCUT2D eigenvalue weighted by molar-refractivity contribution is 0.155. The first-order valence-electron chi connectivity index (χ1n) is 6.01. The van der Waals surface area contributed by atoms with Gasteiger partial charge in [0.05, 0.1) is 6.61 Å². The van der Waals surface area contributed by atoms with Crippen LogP contribution in [0.5, 0.6) is 0 Å². The van der Waals surface area contributed by atoms with Gasteiger partial charge in [0.1, 0.15) is 0 Å². The zero-order valence-corrected chi connectivity index (χ0v) is 9.88. The van der Waals surface area contributed by atoms with Gasteiger partial charge in [-0.05, 0) is 31.6 Å². The lowest BCUT2D eigenvalue weighted by Gasteiger charge is -2.22. The molecule has 0 aromatic carbocycles. The molecule has 0 radical (unpaired) electrons. The molecule has 0 spiro atoms. The van der Waals surface area contributed by atoms with Crippen molar-refractivity contribution in [1.29, 1.82) is 0 Å². The number of ether oxygens (including phenoxy) is 1. The molecule has 1 aliphatic rings. The molecule has 0 bridgehead atoms. The highest BCUT2D eigenvalue weighted by Crippen LogP contribution is 2.25. The third-order valence-electron chi connectivity index (χ3n) is 3.17. The Bertz CT molecular complexity index is 143. The van der Waals surface area contributed by atoms with Gasteiger partial charge < -0.3 is 10.1 Å². The van der Waals surface area contributed by atoms with Crippen LogP contribution < -0.4 is 5.32 Å². The maximum Gasteiger partial charge on any atom is 0.0615 e. The first kappa shape index (κ1) is 12.0. The van der Waals surface area contributed by atoms with Crippen molar-refractivity contribution in [2.45, 2.75) is 58.0 Å². The smallest absolute Gasteiger partial charge is 0.0615 e. The first-order chi connectivity index (χ1) is 6.76. The van der Waals surface area contributed by atoms with Crippen LogP contribution in [0.2, 0.25) is 0 Å². The van der Waals surface area contributed by atoms with Gasteiger partial charge in [0.2, 0.25) is 0 Å². The second kappa shape index (κ2) is 6.41. The summed E-state index contributed by atoms with van der Waals surface area (Å²) in [5.74, 6) is 0.914. The molecule has 0 aromatic rings. The van der Waals surface area contributed by atoms with Crippen molar-refractivity contribution in [2.75, 3.05) is 13.7 Å². The van der Waals surface area contributed by atoms with Gasteiger partial charge in [-0.3, -0.25) is 0 Å². The highest BCUT2D eigenvalue weighted by atomic mass is 16.5. The molecule has 0 saturated heterocycles. The Morgan fingerprint density at radius 3 is 2.71 bits per heavy atom. The van der Waals surface area contributed by atoms with Gasteiger partial charge in [0.25, 0.3) is 0 Å². The molecule has 1 aliphatic carbocycles. The maximum absolute atomic E-state index is 5.23. The van der Waals surface area contributed by atoms with Crippen molar-refractivity contribution in [3.8, 4) is 0 Å². The Morgan fingerprint density at radius 1 is 1.43 bits per heavy atom. The third kappa shape index (κ3) is 3.97. The summed E-state index contributed by atoms with van der Waals surface area (Å²) in [6.07, 6.45) is 6.57. The van der Waals surface area contributed by atoms with E-state index in [2.05, 4.69) is 19.2 Å². The lowest BCUT2D eigenvalue weighted by Crippen LogP contribution is -2.39. The third-order valence-corrected chi connectivity index (χ3v) is 3.17. The highest BCUT2D eigenvalue weighted by molar-refractivity contribution is 4.81. The van der Waals surface area contributed by atoms with Crippen LogP contribution in [0.4, 0.5) is 0 Å². The van der Waals surface area contributed by atoms with Crippen molar-refractivity contribution in [1.82, 2.24) is 5.32 Å². The predicted molar refractivity (Wildman–Crippen MR) is 60.5 cm³/mol. The number of rotatable bonds is 6. The Kier molecular flexibility index (Phi) is 5.49. The minimum absolute atomic E-state index is 0.570. The van der Waals surface area contributed by atoms with E-state index in [1.54, 1.807) is 7.11 Å². The molecule has 1 fully saturated rings. The van der Waals surface area contributed by atoms with E-state index in [0.717, 1.165) is 18.6 Å². The Morgan fingerprint density at radius 2 is 2.21 bits per heavy atom. The summed E-state index contributed by atoms with van der Waals surface area (Å²) in [6, 6.07) is 1.32. The molecule has 2 heteroatoms. The summed E-state index contributed by atoms with van der Waals surface area (Å²) in [4.78, 5) is 0. The molecule has 3 atom stereocenters. The van der Waals surface area contributed by atoms with Gasteiger partial charge in [0.15, 0.2) is 0 Å². The van der Waals surface area contributed by atoms with Gasteiger partial charge >= 0.3 is 0 Å². The van der Waals surface area contributed by atoms with Gasteiger partial charge in [0, 0.05) is 19.2 Å². The predicted octanol–water partition coefficient (Wildman–Crippen LogP) is 2.58. The molecule has 0 aliphatic heterocycles. The second-order valence-electron chi connectivity index (χ2n) is 4.72. The minimum atomic E-state index is 0.570. The van der Waals surface area contributed by atoms with E-state index in [0.29, 0.717) is 6.04 Å². The summed E-state index contributed by atoms with van der Waals surface area (Å²) in [7, 11) is 1.79. The first-order valence-corrected chi connectivity index (χ1v) is 6.01. The largest absolute Gasteiger partial charge is 0.383 e. The van der Waals surface area contributed by atoms with Crippen LogP contribution >= 0.6 is 0 Å². The maximum atomic E-state index is 5.23. The molecular formula is C12H25NO. The van der Waals surface area contributed by atoms with Crippen LogP contribution in [0.1, 0.15) is 46.0 Å². The van der Waals surface area contributed by atoms with E-state index >= 15 is 0 Å². The van der Waals surface area contributed by atoms with E-state index in [1.807, 2.05) is 0 Å². The minimum Gasteiger partial charge on any atom is -0.383 e. The zero-order chi connectivity index (χ0) is 10.4. The summed E-state index contributed by atoms with van der Waals surface area (Å²) in [5, 5.41) is 3.72. The molecule has 1 rings (SSSR count). The number of hydrogen-bond donors (Lipinski definition) is 1. The topological polar surface area (TPSA) is 21.3 Å². The highest BCUT2D eigenvalue weighted by Gasteiger charge is 2.23. The average Bonchev–Trinajstić information content (AvgIpc) is 2.52. The fourth-order valence-electron chi connectivity index (χ4n) is 2.46. The Balaban J connectivity index is 2.24. The summed E-state index contributed by atoms with van der Waals surface area (Å²) >= 11 is 0. The number of methoxy groups -OCH3 is 1. The molecule has 1 saturated carbocycles. The van der Waals surface area contributed by atoms with Crippen LogP contribution in [-0.2, 0) is 4.74 Å². The van der Waals surface area contributed by atoms with E-state index in [1.165, 1.54) is 32.1 Å². The summed E-state index contributed by atoms with van der Waals surface area (Å²) in [6.45, 7) is 5.45. The number of hydrogen-bond acceptors (Lipinski definition) is 2. The van der Waals surface area contributed by atoms with Gasteiger partial charge in [-0.1, -0.05) is 20.3 Å². The molecule has 0 aromatic heterocycles.